The molecule has 0 fully saturated rings. The Labute approximate surface area is 111 Å². The van der Waals surface area contributed by atoms with E-state index in [9.17, 15) is 4.79 Å². The molecule has 1 aromatic rings. The van der Waals surface area contributed by atoms with Crippen LogP contribution in [0.5, 0.6) is 0 Å². The normalized spacial score (nSPS) is 10.6. The largest absolute Gasteiger partial charge is 0.353 e. The monoisotopic (exact) mass is 274 g/mol. The van der Waals surface area contributed by atoms with Gasteiger partial charge in [-0.2, -0.15) is 0 Å². The molecule has 1 rings (SSSR count). The number of nitrogens with one attached hydrogen (secondary N) is 2. The van der Waals surface area contributed by atoms with Crippen LogP contribution < -0.4 is 10.6 Å². The molecular weight excluding hydrogens is 259 g/mol. The summed E-state index contributed by atoms with van der Waals surface area (Å²) in [4.78, 5) is 11.3. The van der Waals surface area contributed by atoms with Crippen LogP contribution in [0.2, 0.25) is 10.0 Å². The Morgan fingerprint density at radius 1 is 1.29 bits per heavy atom. The summed E-state index contributed by atoms with van der Waals surface area (Å²) in [6.07, 6.45) is 0. The molecule has 0 unspecified atom stereocenters. The fraction of sp³-hybridized carbons (Fsp3) is 0.417. The molecule has 5 heteroatoms. The van der Waals surface area contributed by atoms with E-state index in [0.29, 0.717) is 23.1 Å². The predicted octanol–water partition coefficient (Wildman–Crippen LogP) is 2.61. The molecule has 0 saturated heterocycles. The number of hydrogen-bond donors (Lipinski definition) is 2. The zero-order chi connectivity index (χ0) is 12.8. The number of carbonyl (C=O) groups excluding carboxylic acids is 1. The summed E-state index contributed by atoms with van der Waals surface area (Å²) in [6, 6.07) is 5.57. The molecule has 2 N–H and O–H groups in total. The van der Waals surface area contributed by atoms with Crippen LogP contribution in [0.3, 0.4) is 0 Å². The summed E-state index contributed by atoms with van der Waals surface area (Å²) in [5.41, 5.74) is 0.997. The molecule has 94 valence electrons. The molecule has 3 nitrogen and oxygen atoms in total. The summed E-state index contributed by atoms with van der Waals surface area (Å²) < 4.78 is 0. The number of benzene rings is 1. The second-order valence-corrected chi connectivity index (χ2v) is 4.89. The van der Waals surface area contributed by atoms with Crippen LogP contribution in [0.4, 0.5) is 0 Å². The molecule has 0 bridgehead atoms. The summed E-state index contributed by atoms with van der Waals surface area (Å²) in [5, 5.41) is 6.90. The number of halogens is 2. The van der Waals surface area contributed by atoms with E-state index < -0.39 is 0 Å². The number of hydrogen-bond acceptors (Lipinski definition) is 2. The van der Waals surface area contributed by atoms with Crippen LogP contribution in [-0.2, 0) is 11.3 Å². The van der Waals surface area contributed by atoms with Crippen LogP contribution in [-0.4, -0.2) is 18.5 Å². The smallest absolute Gasteiger partial charge is 0.234 e. The van der Waals surface area contributed by atoms with Gasteiger partial charge in [-0.25, -0.2) is 0 Å². The maximum absolute atomic E-state index is 11.3. The Hall–Kier alpha value is -0.770. The Kier molecular flexibility index (Phi) is 5.75. The standard InChI is InChI=1S/C12H16Cl2N2O/c1-8(2)16-12(17)7-15-6-9-3-4-10(13)11(14)5-9/h3-5,8,15H,6-7H2,1-2H3,(H,16,17). The summed E-state index contributed by atoms with van der Waals surface area (Å²) in [6.45, 7) is 4.73. The first-order valence-corrected chi connectivity index (χ1v) is 6.18. The van der Waals surface area contributed by atoms with E-state index in [2.05, 4.69) is 10.6 Å². The van der Waals surface area contributed by atoms with Gasteiger partial charge in [-0.3, -0.25) is 4.79 Å². The average molecular weight is 275 g/mol. The first-order valence-electron chi connectivity index (χ1n) is 5.43. The molecule has 0 saturated carbocycles. The maximum Gasteiger partial charge on any atom is 0.234 e. The van der Waals surface area contributed by atoms with Gasteiger partial charge in [0.15, 0.2) is 0 Å². The van der Waals surface area contributed by atoms with Gasteiger partial charge in [-0.1, -0.05) is 29.3 Å². The first-order chi connectivity index (χ1) is 7.99. The highest BCUT2D eigenvalue weighted by molar-refractivity contribution is 6.42. The molecular formula is C12H16Cl2N2O. The highest BCUT2D eigenvalue weighted by Gasteiger charge is 2.03. The minimum atomic E-state index is -0.0138. The Morgan fingerprint density at radius 3 is 2.59 bits per heavy atom. The summed E-state index contributed by atoms with van der Waals surface area (Å²) in [7, 11) is 0. The molecule has 0 atom stereocenters. The Balaban J connectivity index is 2.36. The van der Waals surface area contributed by atoms with Crippen molar-refractivity contribution >= 4 is 29.1 Å². The minimum Gasteiger partial charge on any atom is -0.353 e. The van der Waals surface area contributed by atoms with Gasteiger partial charge in [0.1, 0.15) is 0 Å². The van der Waals surface area contributed by atoms with Gasteiger partial charge in [0, 0.05) is 12.6 Å². The molecule has 0 aliphatic carbocycles. The van der Waals surface area contributed by atoms with Crippen molar-refractivity contribution in [3.63, 3.8) is 0 Å². The fourth-order valence-electron chi connectivity index (χ4n) is 1.34. The lowest BCUT2D eigenvalue weighted by Gasteiger charge is -2.09. The van der Waals surface area contributed by atoms with Crippen molar-refractivity contribution in [2.24, 2.45) is 0 Å². The molecule has 0 heterocycles. The molecule has 0 radical (unpaired) electrons. The van der Waals surface area contributed by atoms with Crippen LogP contribution in [0, 0.1) is 0 Å². The van der Waals surface area contributed by atoms with Crippen molar-refractivity contribution in [3.8, 4) is 0 Å². The number of carbonyl (C=O) groups is 1. The second-order valence-electron chi connectivity index (χ2n) is 4.07. The molecule has 0 aliphatic heterocycles. The van der Waals surface area contributed by atoms with Crippen LogP contribution in [0.25, 0.3) is 0 Å². The van der Waals surface area contributed by atoms with Gasteiger partial charge in [0.2, 0.25) is 5.91 Å². The highest BCUT2D eigenvalue weighted by Crippen LogP contribution is 2.22. The van der Waals surface area contributed by atoms with E-state index in [-0.39, 0.29) is 11.9 Å². The molecule has 1 aromatic carbocycles. The van der Waals surface area contributed by atoms with Crippen molar-refractivity contribution in [1.29, 1.82) is 0 Å². The molecule has 17 heavy (non-hydrogen) atoms. The SMILES string of the molecule is CC(C)NC(=O)CNCc1ccc(Cl)c(Cl)c1. The molecule has 1 amide bonds. The minimum absolute atomic E-state index is 0.0138. The highest BCUT2D eigenvalue weighted by atomic mass is 35.5. The zero-order valence-electron chi connectivity index (χ0n) is 9.89. The Bertz CT molecular complexity index is 394. The zero-order valence-corrected chi connectivity index (χ0v) is 11.4. The van der Waals surface area contributed by atoms with Gasteiger partial charge in [0.05, 0.1) is 16.6 Å². The second kappa shape index (κ2) is 6.84. The van der Waals surface area contributed by atoms with Crippen molar-refractivity contribution in [2.45, 2.75) is 26.4 Å². The maximum atomic E-state index is 11.3. The number of amides is 1. The van der Waals surface area contributed by atoms with E-state index in [1.807, 2.05) is 19.9 Å². The van der Waals surface area contributed by atoms with Crippen molar-refractivity contribution in [3.05, 3.63) is 33.8 Å². The van der Waals surface area contributed by atoms with Gasteiger partial charge in [-0.15, -0.1) is 0 Å². The third-order valence-electron chi connectivity index (χ3n) is 2.05. The first kappa shape index (κ1) is 14.3. The lowest BCUT2D eigenvalue weighted by atomic mass is 10.2. The van der Waals surface area contributed by atoms with Crippen LogP contribution in [0.15, 0.2) is 18.2 Å². The predicted molar refractivity (Wildman–Crippen MR) is 71.4 cm³/mol. The van der Waals surface area contributed by atoms with E-state index >= 15 is 0 Å². The van der Waals surface area contributed by atoms with Gasteiger partial charge >= 0.3 is 0 Å². The third-order valence-corrected chi connectivity index (χ3v) is 2.79. The van der Waals surface area contributed by atoms with Crippen molar-refractivity contribution < 1.29 is 4.79 Å². The summed E-state index contributed by atoms with van der Waals surface area (Å²) >= 11 is 11.7. The van der Waals surface area contributed by atoms with Gasteiger partial charge in [-0.05, 0) is 31.5 Å². The van der Waals surface area contributed by atoms with E-state index in [1.54, 1.807) is 12.1 Å². The van der Waals surface area contributed by atoms with Gasteiger partial charge < -0.3 is 10.6 Å². The fourth-order valence-corrected chi connectivity index (χ4v) is 1.66. The Morgan fingerprint density at radius 2 is 2.00 bits per heavy atom. The lowest BCUT2D eigenvalue weighted by Crippen LogP contribution is -2.37. The van der Waals surface area contributed by atoms with E-state index in [1.165, 1.54) is 0 Å². The molecule has 0 aromatic heterocycles. The van der Waals surface area contributed by atoms with Crippen molar-refractivity contribution in [2.75, 3.05) is 6.54 Å². The number of rotatable bonds is 5. The van der Waals surface area contributed by atoms with Crippen LogP contribution in [0.1, 0.15) is 19.4 Å². The molecule has 0 aliphatic rings. The average Bonchev–Trinajstić information content (AvgIpc) is 2.22. The molecule has 0 spiro atoms. The van der Waals surface area contributed by atoms with Crippen LogP contribution >= 0.6 is 23.2 Å². The summed E-state index contributed by atoms with van der Waals surface area (Å²) in [5.74, 6) is -0.0138. The van der Waals surface area contributed by atoms with E-state index in [0.717, 1.165) is 5.56 Å². The lowest BCUT2D eigenvalue weighted by molar-refractivity contribution is -0.120. The topological polar surface area (TPSA) is 41.1 Å². The van der Waals surface area contributed by atoms with E-state index in [4.69, 9.17) is 23.2 Å². The van der Waals surface area contributed by atoms with Crippen molar-refractivity contribution in [1.82, 2.24) is 10.6 Å². The quantitative estimate of drug-likeness (QED) is 0.867. The third kappa shape index (κ3) is 5.39. The van der Waals surface area contributed by atoms with Gasteiger partial charge in [0.25, 0.3) is 0 Å².